The largest absolute Gasteiger partial charge is 0.573 e. The zero-order valence-electron chi connectivity index (χ0n) is 67.7. The second-order valence-corrected chi connectivity index (χ2v) is 40.6. The van der Waals surface area contributed by atoms with Crippen LogP contribution in [0.15, 0.2) is 54.6 Å². The maximum atomic E-state index is 13.7. The van der Waals surface area contributed by atoms with Crippen molar-refractivity contribution < 1.29 is 83.4 Å². The van der Waals surface area contributed by atoms with E-state index in [4.69, 9.17) is 0 Å². The van der Waals surface area contributed by atoms with Gasteiger partial charge in [-0.15, -0.1) is 44.6 Å². The van der Waals surface area contributed by atoms with Crippen LogP contribution in [0, 0.1) is 121 Å². The number of hydrogen-bond acceptors (Lipinski definition) is 15. The summed E-state index contributed by atoms with van der Waals surface area (Å²) in [5.74, 6) is 7.64. The molecule has 6 aromatic rings. The normalized spacial score (nSPS) is 39.8. The van der Waals surface area contributed by atoms with Gasteiger partial charge in [0.05, 0.1) is 27.6 Å². The summed E-state index contributed by atoms with van der Waals surface area (Å²) in [6, 6.07) is 11.5. The predicted molar refractivity (Wildman–Crippen MR) is 429 cm³/mol. The number of ketones is 3. The lowest BCUT2D eigenvalue weighted by Crippen LogP contribution is -2.55. The molecule has 648 valence electrons. The SMILES string of the molecule is C.C.C[C@@]1(O)CC[C@@]2(C)[C@@H](CC[C@@H]3[C@@H]2CC[C@]2(C)[C@@H](C(=O)CBr)CC[C@@H]32)C1.C[C@@]1(O)CC[C@@]2(C)[C@@H](CC[C@@H]3[C@@H]2CC[C@]2(C)[C@@H](C(=O)Cn4nc5ccc(OC(F)(F)F)cc5n4)CC[C@@H]32)C1.C[C@@]1(O)CC[C@@]2(C)[C@@H](CC[C@@H]3[C@@H]2CC[C@]2(C)[C@@H](C(=O)Cn4nnc5ccc(OC(F)(F)F)cc54)CC[C@@H]32)C1.FC(F)(F)Oc1ccc2n[nH]nc2c1. The van der Waals surface area contributed by atoms with Crippen molar-refractivity contribution in [1.29, 1.82) is 0 Å². The van der Waals surface area contributed by atoms with Crippen molar-refractivity contribution in [1.82, 2.24) is 45.4 Å². The Morgan fingerprint density at radius 2 is 0.769 bits per heavy atom. The Bertz CT molecular complexity index is 4580. The molecular weight excluding hydrogens is 1590 g/mol. The minimum atomic E-state index is -4.79. The fraction of sp³-hybridized carbons (Fsp3) is 0.764. The van der Waals surface area contributed by atoms with Gasteiger partial charge in [0.1, 0.15) is 63.7 Å². The van der Waals surface area contributed by atoms with E-state index in [2.05, 4.69) is 108 Å². The summed E-state index contributed by atoms with van der Waals surface area (Å²) in [5, 5.41) is 59.0. The van der Waals surface area contributed by atoms with E-state index in [1.54, 1.807) is 0 Å². The van der Waals surface area contributed by atoms with Crippen LogP contribution in [-0.4, -0.2) is 119 Å². The average Bonchev–Trinajstić information content (AvgIpc) is 1.68. The van der Waals surface area contributed by atoms with Gasteiger partial charge in [0.2, 0.25) is 0 Å². The number of H-pyrrole nitrogens is 1. The molecule has 0 spiro atoms. The third-order valence-corrected chi connectivity index (χ3v) is 34.2. The number of carbonyl (C=O) groups excluding carboxylic acids is 3. The Morgan fingerprint density at radius 1 is 0.419 bits per heavy atom. The number of hydrogen-bond donors (Lipinski definition) is 4. The molecule has 12 fully saturated rings. The minimum Gasteiger partial charge on any atom is -0.406 e. The number of benzene rings is 3. The van der Waals surface area contributed by atoms with Crippen LogP contribution in [0.3, 0.4) is 0 Å². The first-order chi connectivity index (χ1) is 53.8. The van der Waals surface area contributed by atoms with E-state index in [1.165, 1.54) is 116 Å². The Balaban J connectivity index is 0.000000142. The molecule has 3 aromatic heterocycles. The number of alkyl halides is 10. The standard InChI is InChI=1S/2C29H38F3N3O3.C22H35BrO2.C7H4F3N3O.2CH4/c1-26(37)12-13-27(2)17(15-26)4-6-19-20-7-8-22(28(20,3)11-10-21(19)27)25(36)16-35-24-14-18(38-29(30,31)32)5-9-23(24)33-34-35;1-26(37)12-13-27(2)17(15-26)4-6-19-20-7-8-22(28(20,3)11-10-21(19)27)25(36)16-35-33-23-9-5-18(14-24(23)34-35)38-29(30,31)32;1-20(25)10-11-21(2)14(12-20)4-5-15-16-6-7-18(19(24)13-23)22(16,3)9-8-17(15)21;8-7(9,10)14-4-1-2-5-6(3-4)12-13-11-5;;/h2*5,9,14,17,19-22,37H,4,6-8,10-13,15-16H2,1-3H3;14-18,25H,4-13H2,1-3H3;1-3H,(H,11,12,13);2*1H4/t2*17-,19-,20-,21-,22+,26+,27-,28-;14-,15-,16-,17-,18+,20+,21-,22-;;;/m000.../s1. The van der Waals surface area contributed by atoms with Crippen molar-refractivity contribution >= 4 is 66.4 Å². The highest BCUT2D eigenvalue weighted by Crippen LogP contribution is 2.72. The lowest BCUT2D eigenvalue weighted by atomic mass is 9.44. The molecule has 0 radical (unpaired) electrons. The van der Waals surface area contributed by atoms with E-state index >= 15 is 0 Å². The molecule has 18 nitrogen and oxygen atoms in total. The number of halogens is 10. The maximum absolute atomic E-state index is 13.7. The molecule has 12 saturated carbocycles. The van der Waals surface area contributed by atoms with Gasteiger partial charge in [-0.25, -0.2) is 4.68 Å². The predicted octanol–water partition coefficient (Wildman–Crippen LogP) is 21.1. The average molecular weight is 1710 g/mol. The first-order valence-electron chi connectivity index (χ1n) is 42.4. The lowest BCUT2D eigenvalue weighted by Gasteiger charge is -2.61. The van der Waals surface area contributed by atoms with Crippen LogP contribution in [0.5, 0.6) is 17.2 Å². The Kier molecular flexibility index (Phi) is 24.3. The van der Waals surface area contributed by atoms with Gasteiger partial charge in [-0.05, 0) is 334 Å². The number of Topliss-reactive ketones (excluding diaryl/α,β-unsaturated/α-hetero) is 3. The summed E-state index contributed by atoms with van der Waals surface area (Å²) < 4.78 is 124. The zero-order chi connectivity index (χ0) is 82.4. The van der Waals surface area contributed by atoms with Crippen LogP contribution in [0.2, 0.25) is 0 Å². The van der Waals surface area contributed by atoms with Gasteiger partial charge in [0.25, 0.3) is 0 Å². The highest BCUT2D eigenvalue weighted by atomic mass is 79.9. The lowest BCUT2D eigenvalue weighted by molar-refractivity contribution is -0.275. The van der Waals surface area contributed by atoms with E-state index in [-0.39, 0.29) is 107 Å². The third kappa shape index (κ3) is 17.2. The van der Waals surface area contributed by atoms with Gasteiger partial charge in [-0.2, -0.15) is 30.4 Å². The summed E-state index contributed by atoms with van der Waals surface area (Å²) >= 11 is 3.43. The van der Waals surface area contributed by atoms with Crippen LogP contribution in [0.25, 0.3) is 33.1 Å². The summed E-state index contributed by atoms with van der Waals surface area (Å²) in [6.07, 6.45) is 15.1. The van der Waals surface area contributed by atoms with Gasteiger partial charge in [0.15, 0.2) is 11.6 Å². The number of nitrogens with zero attached hydrogens (tertiary/aromatic N) is 8. The highest BCUT2D eigenvalue weighted by Gasteiger charge is 2.66. The summed E-state index contributed by atoms with van der Waals surface area (Å²) in [4.78, 5) is 41.2. The summed E-state index contributed by atoms with van der Waals surface area (Å²) in [6.45, 7) is 20.6. The Morgan fingerprint density at radius 3 is 1.18 bits per heavy atom. The second kappa shape index (κ2) is 32.0. The topological polar surface area (TPSA) is 243 Å². The van der Waals surface area contributed by atoms with Crippen molar-refractivity contribution in [2.75, 3.05) is 5.33 Å². The van der Waals surface area contributed by atoms with Gasteiger partial charge in [-0.1, -0.05) is 77.5 Å². The zero-order valence-corrected chi connectivity index (χ0v) is 69.3. The smallest absolute Gasteiger partial charge is 0.406 e. The van der Waals surface area contributed by atoms with E-state index in [0.29, 0.717) is 97.4 Å². The van der Waals surface area contributed by atoms with Crippen LogP contribution in [-0.2, 0) is 27.5 Å². The van der Waals surface area contributed by atoms with E-state index in [9.17, 15) is 69.2 Å². The molecule has 3 heterocycles. The molecule has 24 atom stereocenters. The van der Waals surface area contributed by atoms with Crippen molar-refractivity contribution in [3.05, 3.63) is 54.6 Å². The molecule has 4 N–H and O–H groups in total. The number of aromatic amines is 1. The van der Waals surface area contributed by atoms with Gasteiger partial charge in [-0.3, -0.25) is 14.4 Å². The number of aliphatic hydroxyl groups is 3. The van der Waals surface area contributed by atoms with Crippen molar-refractivity contribution in [2.24, 2.45) is 121 Å². The van der Waals surface area contributed by atoms with Crippen molar-refractivity contribution in [3.8, 4) is 17.2 Å². The molecular formula is C89H123BrF9N9O9. The van der Waals surface area contributed by atoms with Gasteiger partial charge < -0.3 is 29.5 Å². The van der Waals surface area contributed by atoms with Crippen LogP contribution >= 0.6 is 15.9 Å². The Labute approximate surface area is 689 Å². The molecule has 117 heavy (non-hydrogen) atoms. The molecule has 0 saturated heterocycles. The molecule has 0 bridgehead atoms. The molecule has 12 aliphatic carbocycles. The molecule has 0 aliphatic heterocycles. The monoisotopic (exact) mass is 1710 g/mol. The fourth-order valence-electron chi connectivity index (χ4n) is 28.0. The van der Waals surface area contributed by atoms with E-state index in [0.717, 1.165) is 139 Å². The van der Waals surface area contributed by atoms with Crippen molar-refractivity contribution in [2.45, 2.75) is 300 Å². The van der Waals surface area contributed by atoms with E-state index in [1.807, 2.05) is 20.8 Å². The maximum Gasteiger partial charge on any atom is 0.573 e. The van der Waals surface area contributed by atoms with Gasteiger partial charge in [0, 0.05) is 36.0 Å². The molecule has 3 aromatic carbocycles. The molecule has 0 unspecified atom stereocenters. The van der Waals surface area contributed by atoms with Crippen LogP contribution in [0.4, 0.5) is 39.5 Å². The summed E-state index contributed by atoms with van der Waals surface area (Å²) in [5.41, 5.74) is 1.89. The van der Waals surface area contributed by atoms with Crippen LogP contribution in [0.1, 0.15) is 251 Å². The molecule has 18 rings (SSSR count). The number of fused-ring (bicyclic) bond motifs is 18. The fourth-order valence-corrected chi connectivity index (χ4v) is 28.4. The van der Waals surface area contributed by atoms with E-state index < -0.39 is 35.9 Å². The number of carbonyl (C=O) groups is 3. The minimum absolute atomic E-state index is 0. The first kappa shape index (κ1) is 88.8. The molecule has 12 aliphatic rings. The first-order valence-corrected chi connectivity index (χ1v) is 43.5. The number of rotatable bonds is 11. The third-order valence-electron chi connectivity index (χ3n) is 33.6. The second-order valence-electron chi connectivity index (χ2n) is 40.0. The number of ether oxygens (including phenoxy) is 3. The number of aromatic nitrogens is 9. The molecule has 28 heteroatoms. The Hall–Kier alpha value is -6.00. The highest BCUT2D eigenvalue weighted by molar-refractivity contribution is 9.09. The summed E-state index contributed by atoms with van der Waals surface area (Å²) in [7, 11) is 0. The number of nitrogens with one attached hydrogen (secondary N) is 1. The van der Waals surface area contributed by atoms with Gasteiger partial charge >= 0.3 is 19.1 Å². The quantitative estimate of drug-likeness (QED) is 0.0696. The molecule has 0 amide bonds. The van der Waals surface area contributed by atoms with Crippen LogP contribution < -0.4 is 14.2 Å². The van der Waals surface area contributed by atoms with Crippen molar-refractivity contribution in [3.63, 3.8) is 0 Å².